The van der Waals surface area contributed by atoms with Crippen LogP contribution in [0.2, 0.25) is 0 Å². The van der Waals surface area contributed by atoms with Crippen molar-refractivity contribution in [2.45, 2.75) is 6.54 Å². The topological polar surface area (TPSA) is 29.0 Å². The molecule has 0 atom stereocenters. The molecule has 0 amide bonds. The van der Waals surface area contributed by atoms with E-state index in [-0.39, 0.29) is 0 Å². The lowest BCUT2D eigenvalue weighted by atomic mass is 10.1. The van der Waals surface area contributed by atoms with Crippen LogP contribution in [0.5, 0.6) is 0 Å². The first-order valence-electron chi connectivity index (χ1n) is 6.94. The zero-order valence-corrected chi connectivity index (χ0v) is 12.4. The Kier molecular flexibility index (Phi) is 4.31. The molecule has 3 aromatic rings. The van der Waals surface area contributed by atoms with Gasteiger partial charge in [-0.05, 0) is 5.56 Å². The second-order valence-electron chi connectivity index (χ2n) is 4.85. The normalized spacial score (nSPS) is 10.7. The standard InChI is InChI=1S/C17H16ClN3/c18-10-11-21(13-14-6-2-1-3-7-14)17-16-9-5-4-8-15(16)12-19-20-17/h1-9,12H,10-11,13H2. The highest BCUT2D eigenvalue weighted by Crippen LogP contribution is 2.24. The van der Waals surface area contributed by atoms with Gasteiger partial charge in [-0.15, -0.1) is 16.7 Å². The summed E-state index contributed by atoms with van der Waals surface area (Å²) in [7, 11) is 0. The number of alkyl halides is 1. The summed E-state index contributed by atoms with van der Waals surface area (Å²) in [5.74, 6) is 1.44. The van der Waals surface area contributed by atoms with E-state index in [2.05, 4.69) is 39.4 Å². The Hall–Kier alpha value is -2.13. The summed E-state index contributed by atoms with van der Waals surface area (Å²) >= 11 is 5.97. The highest BCUT2D eigenvalue weighted by atomic mass is 35.5. The average molecular weight is 298 g/mol. The van der Waals surface area contributed by atoms with Gasteiger partial charge in [-0.2, -0.15) is 5.10 Å². The molecule has 0 fully saturated rings. The number of benzene rings is 2. The molecule has 0 saturated heterocycles. The summed E-state index contributed by atoms with van der Waals surface area (Å²) in [5.41, 5.74) is 1.23. The molecule has 0 aliphatic rings. The van der Waals surface area contributed by atoms with Gasteiger partial charge in [0.2, 0.25) is 0 Å². The van der Waals surface area contributed by atoms with Crippen LogP contribution in [-0.2, 0) is 6.54 Å². The van der Waals surface area contributed by atoms with Crippen molar-refractivity contribution >= 4 is 28.2 Å². The van der Waals surface area contributed by atoms with Crippen molar-refractivity contribution in [3.8, 4) is 0 Å². The van der Waals surface area contributed by atoms with Gasteiger partial charge in [-0.1, -0.05) is 54.6 Å². The van der Waals surface area contributed by atoms with Crippen LogP contribution >= 0.6 is 11.6 Å². The molecule has 1 heterocycles. The molecule has 1 aromatic heterocycles. The van der Waals surface area contributed by atoms with Gasteiger partial charge in [-0.25, -0.2) is 0 Å². The third kappa shape index (κ3) is 3.14. The minimum atomic E-state index is 0.553. The SMILES string of the molecule is ClCCN(Cc1ccccc1)c1nncc2ccccc12. The predicted molar refractivity (Wildman–Crippen MR) is 87.8 cm³/mol. The van der Waals surface area contributed by atoms with E-state index >= 15 is 0 Å². The maximum atomic E-state index is 5.97. The molecule has 0 aliphatic carbocycles. The minimum absolute atomic E-state index is 0.553. The fourth-order valence-corrected chi connectivity index (χ4v) is 2.62. The van der Waals surface area contributed by atoms with Crippen molar-refractivity contribution < 1.29 is 0 Å². The van der Waals surface area contributed by atoms with E-state index < -0.39 is 0 Å². The minimum Gasteiger partial charge on any atom is -0.349 e. The quantitative estimate of drug-likeness (QED) is 0.669. The average Bonchev–Trinajstić information content (AvgIpc) is 2.55. The van der Waals surface area contributed by atoms with E-state index in [4.69, 9.17) is 11.6 Å². The Labute approximate surface area is 129 Å². The van der Waals surface area contributed by atoms with Crippen LogP contribution < -0.4 is 4.90 Å². The van der Waals surface area contributed by atoms with Gasteiger partial charge in [0.15, 0.2) is 5.82 Å². The number of anilines is 1. The van der Waals surface area contributed by atoms with Gasteiger partial charge in [-0.3, -0.25) is 0 Å². The van der Waals surface area contributed by atoms with Crippen LogP contribution in [-0.4, -0.2) is 22.6 Å². The Morgan fingerprint density at radius 2 is 1.71 bits per heavy atom. The molecular weight excluding hydrogens is 282 g/mol. The molecule has 0 bridgehead atoms. The number of hydrogen-bond acceptors (Lipinski definition) is 3. The molecule has 0 N–H and O–H groups in total. The van der Waals surface area contributed by atoms with Gasteiger partial charge in [0.25, 0.3) is 0 Å². The smallest absolute Gasteiger partial charge is 0.159 e. The van der Waals surface area contributed by atoms with Crippen molar-refractivity contribution in [3.05, 3.63) is 66.4 Å². The summed E-state index contributed by atoms with van der Waals surface area (Å²) in [4.78, 5) is 2.18. The van der Waals surface area contributed by atoms with E-state index in [0.29, 0.717) is 5.88 Å². The van der Waals surface area contributed by atoms with Crippen LogP contribution in [0.4, 0.5) is 5.82 Å². The van der Waals surface area contributed by atoms with E-state index in [1.807, 2.05) is 30.3 Å². The number of aromatic nitrogens is 2. The lowest BCUT2D eigenvalue weighted by molar-refractivity contribution is 0.806. The van der Waals surface area contributed by atoms with Gasteiger partial charge in [0.05, 0.1) is 6.20 Å². The number of hydrogen-bond donors (Lipinski definition) is 0. The molecular formula is C17H16ClN3. The van der Waals surface area contributed by atoms with Crippen molar-refractivity contribution in [3.63, 3.8) is 0 Å². The van der Waals surface area contributed by atoms with Crippen molar-refractivity contribution in [2.24, 2.45) is 0 Å². The summed E-state index contributed by atoms with van der Waals surface area (Å²) in [6, 6.07) is 18.5. The van der Waals surface area contributed by atoms with E-state index in [1.54, 1.807) is 6.20 Å². The molecule has 0 unspecified atom stereocenters. The van der Waals surface area contributed by atoms with E-state index in [9.17, 15) is 0 Å². The predicted octanol–water partition coefficient (Wildman–Crippen LogP) is 3.88. The molecule has 4 heteroatoms. The maximum Gasteiger partial charge on any atom is 0.159 e. The zero-order valence-electron chi connectivity index (χ0n) is 11.6. The van der Waals surface area contributed by atoms with Crippen molar-refractivity contribution in [1.29, 1.82) is 0 Å². The summed E-state index contributed by atoms with van der Waals surface area (Å²) in [5, 5.41) is 10.7. The zero-order chi connectivity index (χ0) is 14.5. The highest BCUT2D eigenvalue weighted by molar-refractivity contribution is 6.18. The monoisotopic (exact) mass is 297 g/mol. The van der Waals surface area contributed by atoms with Gasteiger partial charge < -0.3 is 4.90 Å². The van der Waals surface area contributed by atoms with Gasteiger partial charge in [0.1, 0.15) is 0 Å². The first-order valence-corrected chi connectivity index (χ1v) is 7.47. The maximum absolute atomic E-state index is 5.97. The summed E-state index contributed by atoms with van der Waals surface area (Å²) in [6.45, 7) is 1.51. The Morgan fingerprint density at radius 1 is 0.952 bits per heavy atom. The molecule has 3 rings (SSSR count). The van der Waals surface area contributed by atoms with Crippen LogP contribution in [0, 0.1) is 0 Å². The van der Waals surface area contributed by atoms with Crippen LogP contribution in [0.15, 0.2) is 60.8 Å². The lowest BCUT2D eigenvalue weighted by Gasteiger charge is -2.23. The lowest BCUT2D eigenvalue weighted by Crippen LogP contribution is -2.26. The Morgan fingerprint density at radius 3 is 2.52 bits per heavy atom. The molecule has 3 nitrogen and oxygen atoms in total. The molecule has 0 spiro atoms. The molecule has 0 radical (unpaired) electrons. The van der Waals surface area contributed by atoms with Crippen LogP contribution in [0.25, 0.3) is 10.8 Å². The molecule has 21 heavy (non-hydrogen) atoms. The van der Waals surface area contributed by atoms with Crippen LogP contribution in [0.3, 0.4) is 0 Å². The molecule has 106 valence electrons. The fourth-order valence-electron chi connectivity index (χ4n) is 2.41. The van der Waals surface area contributed by atoms with Gasteiger partial charge in [0, 0.05) is 29.7 Å². The summed E-state index contributed by atoms with van der Waals surface area (Å²) in [6.07, 6.45) is 1.79. The molecule has 0 saturated carbocycles. The van der Waals surface area contributed by atoms with Crippen LogP contribution in [0.1, 0.15) is 5.56 Å². The second kappa shape index (κ2) is 6.55. The Bertz CT molecular complexity index is 710. The highest BCUT2D eigenvalue weighted by Gasteiger charge is 2.12. The largest absolute Gasteiger partial charge is 0.349 e. The second-order valence-corrected chi connectivity index (χ2v) is 5.23. The van der Waals surface area contributed by atoms with E-state index in [0.717, 1.165) is 29.7 Å². The summed E-state index contributed by atoms with van der Waals surface area (Å²) < 4.78 is 0. The van der Waals surface area contributed by atoms with Crippen molar-refractivity contribution in [1.82, 2.24) is 10.2 Å². The van der Waals surface area contributed by atoms with E-state index in [1.165, 1.54) is 5.56 Å². The number of halogens is 1. The number of rotatable bonds is 5. The molecule has 0 aliphatic heterocycles. The first kappa shape index (κ1) is 13.8. The fraction of sp³-hybridized carbons (Fsp3) is 0.176. The van der Waals surface area contributed by atoms with Crippen molar-refractivity contribution in [2.75, 3.05) is 17.3 Å². The Balaban J connectivity index is 1.99. The molecule has 2 aromatic carbocycles. The number of nitrogens with zero attached hydrogens (tertiary/aromatic N) is 3. The third-order valence-electron chi connectivity index (χ3n) is 3.42. The number of fused-ring (bicyclic) bond motifs is 1. The first-order chi connectivity index (χ1) is 10.4. The van der Waals surface area contributed by atoms with Gasteiger partial charge >= 0.3 is 0 Å². The third-order valence-corrected chi connectivity index (χ3v) is 3.59.